The third kappa shape index (κ3) is 4.18. The Hall–Kier alpha value is -0.610. The third-order valence-electron chi connectivity index (χ3n) is 2.84. The molecule has 88 valence electrons. The van der Waals surface area contributed by atoms with Crippen LogP contribution in [0.3, 0.4) is 0 Å². The molecule has 0 aliphatic carbocycles. The van der Waals surface area contributed by atoms with Gasteiger partial charge in [-0.15, -0.1) is 0 Å². The molecular weight excluding hydrogens is 192 g/mol. The zero-order chi connectivity index (χ0) is 11.1. The molecule has 1 aliphatic rings. The molecule has 1 N–H and O–H groups in total. The monoisotopic (exact) mass is 214 g/mol. The van der Waals surface area contributed by atoms with Gasteiger partial charge in [0, 0.05) is 19.7 Å². The minimum absolute atomic E-state index is 0.0552. The molecule has 0 aromatic heterocycles. The van der Waals surface area contributed by atoms with Crippen LogP contribution < -0.4 is 5.32 Å². The Kier molecular flexibility index (Phi) is 5.65. The zero-order valence-corrected chi connectivity index (χ0v) is 9.79. The predicted molar refractivity (Wildman–Crippen MR) is 59.8 cm³/mol. The predicted octanol–water partition coefficient (Wildman–Crippen LogP) is 0.623. The summed E-state index contributed by atoms with van der Waals surface area (Å²) in [5.74, 6) is 0.0552. The molecule has 1 rings (SSSR count). The number of nitrogens with one attached hydrogen (secondary N) is 1. The van der Waals surface area contributed by atoms with Crippen LogP contribution in [0.2, 0.25) is 0 Å². The van der Waals surface area contributed by atoms with Crippen LogP contribution in [0.5, 0.6) is 0 Å². The number of hydrogen-bond donors (Lipinski definition) is 1. The van der Waals surface area contributed by atoms with Gasteiger partial charge in [0.2, 0.25) is 5.91 Å². The summed E-state index contributed by atoms with van der Waals surface area (Å²) in [6, 6.07) is 0. The molecule has 15 heavy (non-hydrogen) atoms. The minimum Gasteiger partial charge on any atom is -0.368 e. The number of likely N-dealkylation sites (N-methyl/N-ethyl adjacent to an activating group) is 1. The van der Waals surface area contributed by atoms with Crippen LogP contribution in [0.15, 0.2) is 0 Å². The topological polar surface area (TPSA) is 41.6 Å². The highest BCUT2D eigenvalue weighted by molar-refractivity contribution is 5.80. The molecule has 1 amide bonds. The Labute approximate surface area is 92.0 Å². The number of rotatable bonds is 6. The molecule has 0 aromatic carbocycles. The first-order valence-electron chi connectivity index (χ1n) is 5.89. The molecule has 0 aromatic rings. The second kappa shape index (κ2) is 6.80. The summed E-state index contributed by atoms with van der Waals surface area (Å²) < 4.78 is 5.30. The summed E-state index contributed by atoms with van der Waals surface area (Å²) in [5.41, 5.74) is 0. The van der Waals surface area contributed by atoms with Gasteiger partial charge in [-0.05, 0) is 25.9 Å². The Morgan fingerprint density at radius 1 is 1.47 bits per heavy atom. The Bertz CT molecular complexity index is 187. The van der Waals surface area contributed by atoms with E-state index in [0.29, 0.717) is 0 Å². The number of carbonyl (C=O) groups is 1. The van der Waals surface area contributed by atoms with Gasteiger partial charge in [0.1, 0.15) is 6.10 Å². The first kappa shape index (κ1) is 12.5. The van der Waals surface area contributed by atoms with E-state index in [0.717, 1.165) is 45.6 Å². The van der Waals surface area contributed by atoms with Crippen molar-refractivity contribution in [2.75, 3.05) is 32.8 Å². The maximum atomic E-state index is 11.5. The Balaban J connectivity index is 2.10. The van der Waals surface area contributed by atoms with Crippen LogP contribution >= 0.6 is 0 Å². The van der Waals surface area contributed by atoms with Gasteiger partial charge in [0.05, 0.1) is 0 Å². The van der Waals surface area contributed by atoms with Crippen LogP contribution in [0.4, 0.5) is 0 Å². The quantitative estimate of drug-likeness (QED) is 0.705. The molecule has 0 unspecified atom stereocenters. The minimum atomic E-state index is -0.193. The fourth-order valence-corrected chi connectivity index (χ4v) is 1.78. The second-order valence-corrected chi connectivity index (χ2v) is 3.82. The first-order chi connectivity index (χ1) is 7.27. The number of amides is 1. The SMILES string of the molecule is CCN(CC)CCNC(=O)[C@@H]1CCCO1. The van der Waals surface area contributed by atoms with Crippen molar-refractivity contribution < 1.29 is 9.53 Å². The Morgan fingerprint density at radius 3 is 2.73 bits per heavy atom. The van der Waals surface area contributed by atoms with Crippen LogP contribution in [-0.2, 0) is 9.53 Å². The fraction of sp³-hybridized carbons (Fsp3) is 0.909. The summed E-state index contributed by atoms with van der Waals surface area (Å²) >= 11 is 0. The fourth-order valence-electron chi connectivity index (χ4n) is 1.78. The summed E-state index contributed by atoms with van der Waals surface area (Å²) in [4.78, 5) is 13.8. The first-order valence-corrected chi connectivity index (χ1v) is 5.89. The summed E-state index contributed by atoms with van der Waals surface area (Å²) in [6.07, 6.45) is 1.69. The average Bonchev–Trinajstić information content (AvgIpc) is 2.77. The van der Waals surface area contributed by atoms with Crippen molar-refractivity contribution in [1.82, 2.24) is 10.2 Å². The molecule has 1 heterocycles. The van der Waals surface area contributed by atoms with Gasteiger partial charge < -0.3 is 15.0 Å². The summed E-state index contributed by atoms with van der Waals surface area (Å²) in [6.45, 7) is 8.70. The van der Waals surface area contributed by atoms with Gasteiger partial charge in [0.25, 0.3) is 0 Å². The molecule has 1 fully saturated rings. The normalized spacial score (nSPS) is 20.9. The van der Waals surface area contributed by atoms with Crippen molar-refractivity contribution in [1.29, 1.82) is 0 Å². The van der Waals surface area contributed by atoms with E-state index in [4.69, 9.17) is 4.74 Å². The molecule has 0 spiro atoms. The summed E-state index contributed by atoms with van der Waals surface area (Å²) in [7, 11) is 0. The van der Waals surface area contributed by atoms with Gasteiger partial charge in [0.15, 0.2) is 0 Å². The van der Waals surface area contributed by atoms with E-state index >= 15 is 0 Å². The van der Waals surface area contributed by atoms with Crippen LogP contribution in [0, 0.1) is 0 Å². The maximum Gasteiger partial charge on any atom is 0.249 e. The second-order valence-electron chi connectivity index (χ2n) is 3.82. The van der Waals surface area contributed by atoms with Crippen molar-refractivity contribution in [2.24, 2.45) is 0 Å². The molecule has 0 radical (unpaired) electrons. The van der Waals surface area contributed by atoms with Gasteiger partial charge >= 0.3 is 0 Å². The number of carbonyl (C=O) groups excluding carboxylic acids is 1. The zero-order valence-electron chi connectivity index (χ0n) is 9.79. The van der Waals surface area contributed by atoms with Crippen molar-refractivity contribution in [3.8, 4) is 0 Å². The van der Waals surface area contributed by atoms with Gasteiger partial charge in [-0.25, -0.2) is 0 Å². The highest BCUT2D eigenvalue weighted by atomic mass is 16.5. The van der Waals surface area contributed by atoms with E-state index in [1.54, 1.807) is 0 Å². The summed E-state index contributed by atoms with van der Waals surface area (Å²) in [5, 5.41) is 2.92. The lowest BCUT2D eigenvalue weighted by molar-refractivity contribution is -0.130. The maximum absolute atomic E-state index is 11.5. The van der Waals surface area contributed by atoms with E-state index in [-0.39, 0.29) is 12.0 Å². The molecule has 0 bridgehead atoms. The van der Waals surface area contributed by atoms with Crippen molar-refractivity contribution in [3.05, 3.63) is 0 Å². The van der Waals surface area contributed by atoms with Crippen LogP contribution in [0.1, 0.15) is 26.7 Å². The van der Waals surface area contributed by atoms with E-state index in [9.17, 15) is 4.79 Å². The van der Waals surface area contributed by atoms with Gasteiger partial charge in [-0.3, -0.25) is 4.79 Å². The van der Waals surface area contributed by atoms with Gasteiger partial charge in [-0.1, -0.05) is 13.8 Å². The van der Waals surface area contributed by atoms with Crippen LogP contribution in [-0.4, -0.2) is 49.7 Å². The molecule has 0 saturated carbocycles. The lowest BCUT2D eigenvalue weighted by atomic mass is 10.2. The van der Waals surface area contributed by atoms with Crippen molar-refractivity contribution in [2.45, 2.75) is 32.8 Å². The largest absolute Gasteiger partial charge is 0.368 e. The molecular formula is C11H22N2O2. The van der Waals surface area contributed by atoms with E-state index in [1.807, 2.05) is 0 Å². The molecule has 4 heteroatoms. The van der Waals surface area contributed by atoms with E-state index in [1.165, 1.54) is 0 Å². The van der Waals surface area contributed by atoms with Crippen molar-refractivity contribution >= 4 is 5.91 Å². The smallest absolute Gasteiger partial charge is 0.249 e. The third-order valence-corrected chi connectivity index (χ3v) is 2.84. The molecule has 4 nitrogen and oxygen atoms in total. The Morgan fingerprint density at radius 2 is 2.20 bits per heavy atom. The molecule has 1 aliphatic heterocycles. The molecule has 1 atom stereocenters. The van der Waals surface area contributed by atoms with E-state index in [2.05, 4.69) is 24.1 Å². The number of ether oxygens (including phenoxy) is 1. The van der Waals surface area contributed by atoms with Gasteiger partial charge in [-0.2, -0.15) is 0 Å². The standard InChI is InChI=1S/C11H22N2O2/c1-3-13(4-2)8-7-12-11(14)10-6-5-9-15-10/h10H,3-9H2,1-2H3,(H,12,14)/t10-/m0/s1. The van der Waals surface area contributed by atoms with Crippen molar-refractivity contribution in [3.63, 3.8) is 0 Å². The number of hydrogen-bond acceptors (Lipinski definition) is 3. The number of nitrogens with zero attached hydrogens (tertiary/aromatic N) is 1. The lowest BCUT2D eigenvalue weighted by Crippen LogP contribution is -2.39. The highest BCUT2D eigenvalue weighted by Crippen LogP contribution is 2.11. The van der Waals surface area contributed by atoms with E-state index < -0.39 is 0 Å². The lowest BCUT2D eigenvalue weighted by Gasteiger charge is -2.18. The molecule has 1 saturated heterocycles. The highest BCUT2D eigenvalue weighted by Gasteiger charge is 2.22. The van der Waals surface area contributed by atoms with Crippen LogP contribution in [0.25, 0.3) is 0 Å². The average molecular weight is 214 g/mol.